The summed E-state index contributed by atoms with van der Waals surface area (Å²) >= 11 is 0. The molecule has 0 unspecified atom stereocenters. The molecule has 0 heterocycles. The Morgan fingerprint density at radius 2 is 1.46 bits per heavy atom. The summed E-state index contributed by atoms with van der Waals surface area (Å²) in [7, 11) is 0. The molecule has 0 aromatic rings. The van der Waals surface area contributed by atoms with Gasteiger partial charge in [-0.2, -0.15) is 0 Å². The normalized spacial score (nSPS) is 9.23. The van der Waals surface area contributed by atoms with Crippen LogP contribution in [0.25, 0.3) is 0 Å². The molecule has 13 heavy (non-hydrogen) atoms. The second-order valence-electron chi connectivity index (χ2n) is 2.77. The van der Waals surface area contributed by atoms with Crippen molar-refractivity contribution in [1.82, 2.24) is 0 Å². The first kappa shape index (κ1) is 15.4. The van der Waals surface area contributed by atoms with Gasteiger partial charge in [0.2, 0.25) is 0 Å². The van der Waals surface area contributed by atoms with Gasteiger partial charge >= 0.3 is 0 Å². The fourth-order valence-electron chi connectivity index (χ4n) is 0.701. The van der Waals surface area contributed by atoms with E-state index in [1.54, 1.807) is 0 Å². The predicted octanol–water partition coefficient (Wildman–Crippen LogP) is 1.57. The number of aliphatic hydroxyl groups excluding tert-OH is 2. The van der Waals surface area contributed by atoms with Gasteiger partial charge in [0.15, 0.2) is 0 Å². The summed E-state index contributed by atoms with van der Waals surface area (Å²) in [4.78, 5) is 0. The van der Waals surface area contributed by atoms with E-state index < -0.39 is 0 Å². The molecule has 3 heteroatoms. The van der Waals surface area contributed by atoms with Crippen LogP contribution in [0.15, 0.2) is 0 Å². The second-order valence-corrected chi connectivity index (χ2v) is 2.77. The van der Waals surface area contributed by atoms with Crippen LogP contribution in [0.5, 0.6) is 0 Å². The van der Waals surface area contributed by atoms with Crippen molar-refractivity contribution >= 4 is 0 Å². The lowest BCUT2D eigenvalue weighted by atomic mass is 10.3. The summed E-state index contributed by atoms with van der Waals surface area (Å²) in [6.45, 7) is 5.99. The molecule has 0 aromatic heterocycles. The molecule has 3 nitrogen and oxygen atoms in total. The van der Waals surface area contributed by atoms with Gasteiger partial charge in [-0.1, -0.05) is 26.7 Å². The van der Waals surface area contributed by atoms with Crippen LogP contribution >= 0.6 is 0 Å². The average molecular weight is 192 g/mol. The molecular formula is C10H24O3. The molecule has 0 saturated carbocycles. The van der Waals surface area contributed by atoms with Crippen LogP contribution in [-0.2, 0) is 4.74 Å². The lowest BCUT2D eigenvalue weighted by Crippen LogP contribution is -1.94. The largest absolute Gasteiger partial charge is 0.394 e. The van der Waals surface area contributed by atoms with Crippen molar-refractivity contribution in [3.8, 4) is 0 Å². The van der Waals surface area contributed by atoms with Crippen molar-refractivity contribution in [2.45, 2.75) is 39.5 Å². The molecule has 82 valence electrons. The van der Waals surface area contributed by atoms with Gasteiger partial charge in [0.05, 0.1) is 13.2 Å². The van der Waals surface area contributed by atoms with Crippen LogP contribution in [0.4, 0.5) is 0 Å². The SMILES string of the molecule is CCCCCOCCC.OCCO. The van der Waals surface area contributed by atoms with Gasteiger partial charge in [0, 0.05) is 13.2 Å². The van der Waals surface area contributed by atoms with Gasteiger partial charge in [-0.25, -0.2) is 0 Å². The number of hydrogen-bond donors (Lipinski definition) is 2. The Balaban J connectivity index is 0. The standard InChI is InChI=1S/C8H18O.C2H6O2/c1-3-5-6-8-9-7-4-2;3-1-2-4/h3-8H2,1-2H3;3-4H,1-2H2. The topological polar surface area (TPSA) is 49.7 Å². The minimum atomic E-state index is -0.125. The molecule has 0 aliphatic rings. The van der Waals surface area contributed by atoms with Crippen LogP contribution in [0, 0.1) is 0 Å². The van der Waals surface area contributed by atoms with E-state index in [9.17, 15) is 0 Å². The molecule has 0 radical (unpaired) electrons. The van der Waals surface area contributed by atoms with Crippen molar-refractivity contribution in [2.75, 3.05) is 26.4 Å². The van der Waals surface area contributed by atoms with Crippen molar-refractivity contribution < 1.29 is 14.9 Å². The molecule has 0 saturated heterocycles. The fraction of sp³-hybridized carbons (Fsp3) is 1.00. The minimum Gasteiger partial charge on any atom is -0.394 e. The molecule has 0 amide bonds. The smallest absolute Gasteiger partial charge is 0.0662 e. The number of aliphatic hydroxyl groups is 2. The Morgan fingerprint density at radius 3 is 1.85 bits per heavy atom. The molecule has 0 aliphatic heterocycles. The lowest BCUT2D eigenvalue weighted by Gasteiger charge is -1.99. The van der Waals surface area contributed by atoms with Gasteiger partial charge < -0.3 is 14.9 Å². The summed E-state index contributed by atoms with van der Waals surface area (Å²) in [5.41, 5.74) is 0. The molecule has 0 fully saturated rings. The minimum absolute atomic E-state index is 0.125. The zero-order chi connectivity index (χ0) is 10.4. The first-order valence-electron chi connectivity index (χ1n) is 5.12. The summed E-state index contributed by atoms with van der Waals surface area (Å²) in [5.74, 6) is 0. The van der Waals surface area contributed by atoms with Crippen molar-refractivity contribution in [1.29, 1.82) is 0 Å². The van der Waals surface area contributed by atoms with Crippen molar-refractivity contribution in [3.63, 3.8) is 0 Å². The Kier molecular flexibility index (Phi) is 21.1. The first-order valence-corrected chi connectivity index (χ1v) is 5.12. The van der Waals surface area contributed by atoms with Crippen molar-refractivity contribution in [3.05, 3.63) is 0 Å². The lowest BCUT2D eigenvalue weighted by molar-refractivity contribution is 0.131. The first-order chi connectivity index (χ1) is 6.33. The van der Waals surface area contributed by atoms with Crippen LogP contribution < -0.4 is 0 Å². The predicted molar refractivity (Wildman–Crippen MR) is 54.8 cm³/mol. The molecule has 0 aromatic carbocycles. The van der Waals surface area contributed by atoms with Gasteiger partial charge in [0.25, 0.3) is 0 Å². The molecule has 0 spiro atoms. The third-order valence-corrected chi connectivity index (χ3v) is 1.34. The van der Waals surface area contributed by atoms with E-state index in [1.807, 2.05) is 0 Å². The zero-order valence-electron chi connectivity index (χ0n) is 8.96. The van der Waals surface area contributed by atoms with Gasteiger partial charge in [-0.15, -0.1) is 0 Å². The van der Waals surface area contributed by atoms with Crippen LogP contribution in [0.3, 0.4) is 0 Å². The van der Waals surface area contributed by atoms with Crippen LogP contribution in [0.2, 0.25) is 0 Å². The highest BCUT2D eigenvalue weighted by molar-refractivity contribution is 4.35. The molecule has 0 aliphatic carbocycles. The van der Waals surface area contributed by atoms with Crippen LogP contribution in [-0.4, -0.2) is 36.6 Å². The molecule has 2 N–H and O–H groups in total. The molecular weight excluding hydrogens is 168 g/mol. The van der Waals surface area contributed by atoms with E-state index >= 15 is 0 Å². The average Bonchev–Trinajstić information content (AvgIpc) is 2.18. The monoisotopic (exact) mass is 192 g/mol. The van der Waals surface area contributed by atoms with E-state index in [2.05, 4.69) is 13.8 Å². The Labute approximate surface area is 81.7 Å². The van der Waals surface area contributed by atoms with Gasteiger partial charge in [0.1, 0.15) is 0 Å². The van der Waals surface area contributed by atoms with E-state index in [1.165, 1.54) is 19.3 Å². The highest BCUT2D eigenvalue weighted by Crippen LogP contribution is 1.93. The Hall–Kier alpha value is -0.120. The zero-order valence-corrected chi connectivity index (χ0v) is 8.96. The highest BCUT2D eigenvalue weighted by atomic mass is 16.5. The Bertz CT molecular complexity index is 59.2. The molecule has 0 rings (SSSR count). The fourth-order valence-corrected chi connectivity index (χ4v) is 0.701. The summed E-state index contributed by atoms with van der Waals surface area (Å²) in [6, 6.07) is 0. The number of ether oxygens (including phenoxy) is 1. The number of rotatable bonds is 7. The van der Waals surface area contributed by atoms with E-state index in [-0.39, 0.29) is 13.2 Å². The second kappa shape index (κ2) is 17.8. The van der Waals surface area contributed by atoms with E-state index in [4.69, 9.17) is 14.9 Å². The van der Waals surface area contributed by atoms with E-state index in [0.717, 1.165) is 19.6 Å². The Morgan fingerprint density at radius 1 is 0.846 bits per heavy atom. The quantitative estimate of drug-likeness (QED) is 0.602. The van der Waals surface area contributed by atoms with E-state index in [0.29, 0.717) is 0 Å². The van der Waals surface area contributed by atoms with Crippen molar-refractivity contribution in [2.24, 2.45) is 0 Å². The number of hydrogen-bond acceptors (Lipinski definition) is 3. The summed E-state index contributed by atoms with van der Waals surface area (Å²) < 4.78 is 5.28. The maximum atomic E-state index is 7.62. The summed E-state index contributed by atoms with van der Waals surface area (Å²) in [5, 5.41) is 15.2. The van der Waals surface area contributed by atoms with Gasteiger partial charge in [-0.05, 0) is 12.8 Å². The third-order valence-electron chi connectivity index (χ3n) is 1.34. The third kappa shape index (κ3) is 24.5. The maximum Gasteiger partial charge on any atom is 0.0662 e. The van der Waals surface area contributed by atoms with Crippen LogP contribution in [0.1, 0.15) is 39.5 Å². The molecule has 0 atom stereocenters. The highest BCUT2D eigenvalue weighted by Gasteiger charge is 1.84. The number of unbranched alkanes of at least 4 members (excludes halogenated alkanes) is 2. The summed E-state index contributed by atoms with van der Waals surface area (Å²) in [6.07, 6.45) is 4.97. The molecule has 0 bridgehead atoms. The van der Waals surface area contributed by atoms with Gasteiger partial charge in [-0.3, -0.25) is 0 Å². The maximum absolute atomic E-state index is 7.62.